The van der Waals surface area contributed by atoms with Crippen LogP contribution >= 0.6 is 0 Å². The van der Waals surface area contributed by atoms with Gasteiger partial charge in [-0.25, -0.2) is 0 Å². The van der Waals surface area contributed by atoms with Gasteiger partial charge in [-0.15, -0.1) is 0 Å². The van der Waals surface area contributed by atoms with E-state index in [-0.39, 0.29) is 0 Å². The third kappa shape index (κ3) is 2.91. The summed E-state index contributed by atoms with van der Waals surface area (Å²) >= 11 is 0. The van der Waals surface area contributed by atoms with Crippen LogP contribution in [-0.4, -0.2) is 38.3 Å². The average Bonchev–Trinajstić information content (AvgIpc) is 2.87. The van der Waals surface area contributed by atoms with Gasteiger partial charge in [0.1, 0.15) is 0 Å². The molecule has 0 amide bonds. The maximum absolute atomic E-state index is 2.45. The van der Waals surface area contributed by atoms with E-state index in [9.17, 15) is 0 Å². The van der Waals surface area contributed by atoms with E-state index in [1.54, 1.807) is 0 Å². The topological polar surface area (TPSA) is 8.88 Å². The Morgan fingerprint density at radius 2 is 1.33 bits per heavy atom. The zero-order valence-electron chi connectivity index (χ0n) is 12.2. The smallest absolute Gasteiger partial charge is 0.0983 e. The first-order chi connectivity index (χ1) is 8.83. The monoisotopic (exact) mass is 252 g/mol. The highest BCUT2D eigenvalue weighted by Gasteiger charge is 2.36. The number of nitrogens with one attached hydrogen (secondary N) is 2. The maximum Gasteiger partial charge on any atom is 0.0983 e. The molecule has 2 saturated heterocycles. The Kier molecular flexibility index (Phi) is 4.25. The molecular formula is C16H32N2+2. The average molecular weight is 252 g/mol. The standard InChI is InChI=1S/C16H30N2/c1-14-5-6-16(13-14)18-11-7-15(8-12-18)17-9-3-2-4-10-17/h14-16H,2-13H2,1H3/p+2/t14-,16+/m1/s1. The molecule has 0 aromatic heterocycles. The summed E-state index contributed by atoms with van der Waals surface area (Å²) in [5, 5.41) is 0. The fourth-order valence-electron chi connectivity index (χ4n) is 4.80. The van der Waals surface area contributed by atoms with Crippen molar-refractivity contribution in [1.82, 2.24) is 0 Å². The molecule has 0 bridgehead atoms. The number of hydrogen-bond donors (Lipinski definition) is 2. The molecule has 0 aromatic rings. The second kappa shape index (κ2) is 5.92. The van der Waals surface area contributed by atoms with Gasteiger partial charge in [0.25, 0.3) is 0 Å². The minimum Gasteiger partial charge on any atom is -0.332 e. The molecule has 3 fully saturated rings. The third-order valence-corrected chi connectivity index (χ3v) is 5.97. The largest absolute Gasteiger partial charge is 0.332 e. The lowest BCUT2D eigenvalue weighted by Gasteiger charge is -2.38. The Balaban J connectivity index is 1.45. The Hall–Kier alpha value is -0.0800. The van der Waals surface area contributed by atoms with Crippen LogP contribution in [0, 0.1) is 5.92 Å². The molecule has 0 spiro atoms. The molecule has 2 aliphatic heterocycles. The van der Waals surface area contributed by atoms with E-state index >= 15 is 0 Å². The Morgan fingerprint density at radius 3 is 1.94 bits per heavy atom. The van der Waals surface area contributed by atoms with Crippen molar-refractivity contribution in [2.75, 3.05) is 26.2 Å². The van der Waals surface area contributed by atoms with Crippen LogP contribution in [0.25, 0.3) is 0 Å². The second-order valence-electron chi connectivity index (χ2n) is 7.27. The molecule has 18 heavy (non-hydrogen) atoms. The van der Waals surface area contributed by atoms with Gasteiger partial charge in [0, 0.05) is 19.3 Å². The number of quaternary nitrogens is 2. The summed E-state index contributed by atoms with van der Waals surface area (Å²) in [4.78, 5) is 3.92. The minimum absolute atomic E-state index is 1.01. The van der Waals surface area contributed by atoms with Crippen molar-refractivity contribution in [3.63, 3.8) is 0 Å². The summed E-state index contributed by atoms with van der Waals surface area (Å²) in [7, 11) is 0. The molecule has 104 valence electrons. The quantitative estimate of drug-likeness (QED) is 0.699. The molecule has 2 nitrogen and oxygen atoms in total. The van der Waals surface area contributed by atoms with Crippen LogP contribution in [0.2, 0.25) is 0 Å². The SMILES string of the molecule is C[C@@H]1CC[C@H]([NH+]2CCC([NH+]3CCCCC3)CC2)C1. The fourth-order valence-corrected chi connectivity index (χ4v) is 4.80. The van der Waals surface area contributed by atoms with E-state index in [1.165, 1.54) is 77.5 Å². The van der Waals surface area contributed by atoms with Gasteiger partial charge in [0.05, 0.1) is 38.3 Å². The van der Waals surface area contributed by atoms with Gasteiger partial charge >= 0.3 is 0 Å². The lowest BCUT2D eigenvalue weighted by Crippen LogP contribution is -3.22. The first kappa shape index (κ1) is 12.9. The van der Waals surface area contributed by atoms with Crippen molar-refractivity contribution < 1.29 is 9.80 Å². The molecule has 0 radical (unpaired) electrons. The first-order valence-electron chi connectivity index (χ1n) is 8.52. The minimum atomic E-state index is 1.01. The van der Waals surface area contributed by atoms with Gasteiger partial charge in [-0.3, -0.25) is 0 Å². The van der Waals surface area contributed by atoms with E-state index in [2.05, 4.69) is 6.92 Å². The zero-order chi connectivity index (χ0) is 12.4. The van der Waals surface area contributed by atoms with Gasteiger partial charge in [-0.1, -0.05) is 6.92 Å². The molecule has 2 N–H and O–H groups in total. The lowest BCUT2D eigenvalue weighted by molar-refractivity contribution is -0.970. The fraction of sp³-hybridized carbons (Fsp3) is 1.00. The number of piperidine rings is 2. The predicted octanol–water partition coefficient (Wildman–Crippen LogP) is 0.291. The van der Waals surface area contributed by atoms with E-state index in [4.69, 9.17) is 0 Å². The van der Waals surface area contributed by atoms with Crippen molar-refractivity contribution in [3.05, 3.63) is 0 Å². The van der Waals surface area contributed by atoms with Crippen LogP contribution in [0.1, 0.15) is 58.3 Å². The first-order valence-corrected chi connectivity index (χ1v) is 8.52. The molecule has 3 rings (SSSR count). The van der Waals surface area contributed by atoms with Gasteiger partial charge in [0.15, 0.2) is 0 Å². The third-order valence-electron chi connectivity index (χ3n) is 5.97. The normalized spacial score (nSPS) is 43.2. The van der Waals surface area contributed by atoms with Crippen LogP contribution in [-0.2, 0) is 0 Å². The maximum atomic E-state index is 2.45. The van der Waals surface area contributed by atoms with Crippen molar-refractivity contribution in [2.24, 2.45) is 5.92 Å². The van der Waals surface area contributed by atoms with Crippen molar-refractivity contribution in [1.29, 1.82) is 0 Å². The molecule has 2 atom stereocenters. The van der Waals surface area contributed by atoms with Crippen LogP contribution < -0.4 is 9.80 Å². The summed E-state index contributed by atoms with van der Waals surface area (Å²) in [6.45, 7) is 8.35. The highest BCUT2D eigenvalue weighted by atomic mass is 15.2. The zero-order valence-corrected chi connectivity index (χ0v) is 12.2. The van der Waals surface area contributed by atoms with Crippen LogP contribution in [0.15, 0.2) is 0 Å². The molecule has 2 heterocycles. The van der Waals surface area contributed by atoms with Crippen LogP contribution in [0.3, 0.4) is 0 Å². The second-order valence-corrected chi connectivity index (χ2v) is 7.27. The molecule has 3 aliphatic rings. The Labute approximate surface area is 113 Å². The van der Waals surface area contributed by atoms with Crippen LogP contribution in [0.4, 0.5) is 0 Å². The summed E-state index contributed by atoms with van der Waals surface area (Å²) in [5.74, 6) is 1.01. The van der Waals surface area contributed by atoms with Gasteiger partial charge in [0.2, 0.25) is 0 Å². The van der Waals surface area contributed by atoms with Crippen LogP contribution in [0.5, 0.6) is 0 Å². The van der Waals surface area contributed by atoms with Gasteiger partial charge in [-0.05, 0) is 38.0 Å². The molecular weight excluding hydrogens is 220 g/mol. The molecule has 0 unspecified atom stereocenters. The van der Waals surface area contributed by atoms with E-state index in [1.807, 2.05) is 9.80 Å². The summed E-state index contributed by atoms with van der Waals surface area (Å²) < 4.78 is 0. The highest BCUT2D eigenvalue weighted by Crippen LogP contribution is 2.23. The van der Waals surface area contributed by atoms with Gasteiger partial charge < -0.3 is 9.80 Å². The number of rotatable bonds is 2. The van der Waals surface area contributed by atoms with E-state index < -0.39 is 0 Å². The lowest BCUT2D eigenvalue weighted by atomic mass is 9.98. The molecule has 1 aliphatic carbocycles. The molecule has 0 aromatic carbocycles. The Bertz CT molecular complexity index is 239. The molecule has 2 heteroatoms. The number of likely N-dealkylation sites (tertiary alicyclic amines) is 2. The highest BCUT2D eigenvalue weighted by molar-refractivity contribution is 4.73. The number of hydrogen-bond acceptors (Lipinski definition) is 0. The summed E-state index contributed by atoms with van der Waals surface area (Å²) in [6, 6.07) is 2.05. The van der Waals surface area contributed by atoms with Crippen molar-refractivity contribution in [2.45, 2.75) is 70.4 Å². The summed E-state index contributed by atoms with van der Waals surface area (Å²) in [5.41, 5.74) is 0. The van der Waals surface area contributed by atoms with Crippen molar-refractivity contribution in [3.8, 4) is 0 Å². The summed E-state index contributed by atoms with van der Waals surface area (Å²) in [6.07, 6.45) is 12.0. The Morgan fingerprint density at radius 1 is 0.667 bits per heavy atom. The van der Waals surface area contributed by atoms with Gasteiger partial charge in [-0.2, -0.15) is 0 Å². The van der Waals surface area contributed by atoms with E-state index in [0.29, 0.717) is 0 Å². The molecule has 1 saturated carbocycles. The predicted molar refractivity (Wildman–Crippen MR) is 75.1 cm³/mol. The van der Waals surface area contributed by atoms with E-state index in [0.717, 1.165) is 18.0 Å². The van der Waals surface area contributed by atoms with Crippen molar-refractivity contribution >= 4 is 0 Å².